The topological polar surface area (TPSA) is 71.2 Å². The second kappa shape index (κ2) is 8.77. The van der Waals surface area contributed by atoms with E-state index in [-0.39, 0.29) is 23.2 Å². The smallest absolute Gasteiger partial charge is 0.352 e. The summed E-state index contributed by atoms with van der Waals surface area (Å²) in [6.45, 7) is 1.11. The Bertz CT molecular complexity index is 1230. The lowest BCUT2D eigenvalue weighted by Gasteiger charge is -2.30. The van der Waals surface area contributed by atoms with Crippen molar-refractivity contribution in [1.29, 1.82) is 0 Å². The van der Waals surface area contributed by atoms with E-state index in [1.807, 2.05) is 6.08 Å². The van der Waals surface area contributed by atoms with Gasteiger partial charge in [-0.25, -0.2) is 14.2 Å². The predicted octanol–water partition coefficient (Wildman–Crippen LogP) is 3.68. The Hall–Kier alpha value is -2.55. The molecule has 9 heteroatoms. The van der Waals surface area contributed by atoms with Crippen LogP contribution in [-0.2, 0) is 19.4 Å². The van der Waals surface area contributed by atoms with Gasteiger partial charge in [-0.1, -0.05) is 23.7 Å². The molecule has 1 aliphatic carbocycles. The van der Waals surface area contributed by atoms with Gasteiger partial charge in [-0.15, -0.1) is 11.3 Å². The summed E-state index contributed by atoms with van der Waals surface area (Å²) in [6, 6.07) is 6.58. The van der Waals surface area contributed by atoms with Crippen molar-refractivity contribution in [3.8, 4) is 0 Å². The number of aryl methyl sites for hydroxylation is 2. The fourth-order valence-corrected chi connectivity index (χ4v) is 5.72. The van der Waals surface area contributed by atoms with Crippen LogP contribution in [-0.4, -0.2) is 38.8 Å². The highest BCUT2D eigenvalue weighted by Crippen LogP contribution is 2.30. The number of thiophene rings is 1. The van der Waals surface area contributed by atoms with Crippen molar-refractivity contribution >= 4 is 34.5 Å². The highest BCUT2D eigenvalue weighted by atomic mass is 35.5. The van der Waals surface area contributed by atoms with E-state index in [1.54, 1.807) is 22.3 Å². The molecule has 0 amide bonds. The maximum atomic E-state index is 13.4. The van der Waals surface area contributed by atoms with E-state index >= 15 is 0 Å². The molecule has 1 atom stereocenters. The molecule has 2 aromatic heterocycles. The van der Waals surface area contributed by atoms with Gasteiger partial charge in [-0.05, 0) is 60.6 Å². The molecule has 0 bridgehead atoms. The average Bonchev–Trinajstić information content (AvgIpc) is 3.19. The first-order chi connectivity index (χ1) is 15.5. The van der Waals surface area contributed by atoms with E-state index in [0.29, 0.717) is 24.2 Å². The molecule has 32 heavy (non-hydrogen) atoms. The molecule has 0 radical (unpaired) electrons. The minimum atomic E-state index is -0.839. The second-order valence-corrected chi connectivity index (χ2v) is 9.77. The lowest BCUT2D eigenvalue weighted by molar-refractivity contribution is 0.233. The number of hydrogen-bond acceptors (Lipinski definition) is 6. The number of β-amino-alcohol motifs (C(OH)–C–C–N with tert-alkyl or cyclic N) is 1. The van der Waals surface area contributed by atoms with Crippen molar-refractivity contribution in [1.82, 2.24) is 14.5 Å². The molecule has 6 nitrogen and oxygen atoms in total. The summed E-state index contributed by atoms with van der Waals surface area (Å²) in [5.74, 6) is -0.220. The highest BCUT2D eigenvalue weighted by Gasteiger charge is 2.24. The summed E-state index contributed by atoms with van der Waals surface area (Å²) >= 11 is 7.65. The van der Waals surface area contributed by atoms with Gasteiger partial charge >= 0.3 is 5.69 Å². The Kier molecular flexibility index (Phi) is 5.84. The van der Waals surface area contributed by atoms with E-state index in [4.69, 9.17) is 11.6 Å². The highest BCUT2D eigenvalue weighted by molar-refractivity contribution is 7.12. The van der Waals surface area contributed by atoms with Crippen LogP contribution in [0.1, 0.15) is 33.7 Å². The van der Waals surface area contributed by atoms with E-state index in [0.717, 1.165) is 17.7 Å². The van der Waals surface area contributed by atoms with Crippen LogP contribution < -0.4 is 10.6 Å². The quantitative estimate of drug-likeness (QED) is 0.627. The molecule has 5 rings (SSSR count). The van der Waals surface area contributed by atoms with Crippen LogP contribution in [0.4, 0.5) is 10.3 Å². The van der Waals surface area contributed by atoms with Gasteiger partial charge in [-0.3, -0.25) is 4.57 Å². The summed E-state index contributed by atoms with van der Waals surface area (Å²) < 4.78 is 15.0. The molecule has 0 saturated carbocycles. The lowest BCUT2D eigenvalue weighted by atomic mass is 9.97. The standard InChI is InChI=1S/C23H22ClFN4O2S/c24-18-10-14(5-6-19(18)25)17-7-8-28(12-20(17)30)22-26-13-29(23(31)27-22)11-16-9-15-3-1-2-4-21(15)32-16/h5-7,9-10,13,20,30H,1-4,8,11-12H2. The first-order valence-corrected chi connectivity index (χ1v) is 11.8. The van der Waals surface area contributed by atoms with Crippen molar-refractivity contribution < 1.29 is 9.50 Å². The fraction of sp³-hybridized carbons (Fsp3) is 0.348. The average molecular weight is 473 g/mol. The number of aliphatic hydroxyl groups excluding tert-OH is 1. The zero-order valence-corrected chi connectivity index (χ0v) is 18.9. The third-order valence-corrected chi connectivity index (χ3v) is 7.46. The molecule has 2 aliphatic rings. The molecule has 166 valence electrons. The van der Waals surface area contributed by atoms with Crippen LogP contribution in [0.3, 0.4) is 0 Å². The van der Waals surface area contributed by atoms with E-state index in [1.165, 1.54) is 46.3 Å². The molecule has 3 aromatic rings. The molecular formula is C23H22ClFN4O2S. The Morgan fingerprint density at radius 3 is 2.84 bits per heavy atom. The minimum Gasteiger partial charge on any atom is -0.387 e. The number of halogens is 2. The number of hydrogen-bond donors (Lipinski definition) is 1. The third-order valence-electron chi connectivity index (χ3n) is 5.95. The molecule has 3 heterocycles. The van der Waals surface area contributed by atoms with Gasteiger partial charge in [0.25, 0.3) is 0 Å². The first kappa shape index (κ1) is 21.3. The third kappa shape index (κ3) is 4.22. The number of anilines is 1. The van der Waals surface area contributed by atoms with Crippen molar-refractivity contribution in [3.05, 3.63) is 78.9 Å². The molecule has 1 aliphatic heterocycles. The molecule has 0 spiro atoms. The summed E-state index contributed by atoms with van der Waals surface area (Å²) in [6.07, 6.45) is 7.21. The largest absolute Gasteiger partial charge is 0.387 e. The van der Waals surface area contributed by atoms with Gasteiger partial charge in [0.2, 0.25) is 5.95 Å². The van der Waals surface area contributed by atoms with Gasteiger partial charge in [0.1, 0.15) is 12.1 Å². The number of aliphatic hydroxyl groups is 1. The number of benzene rings is 1. The van der Waals surface area contributed by atoms with Crippen LogP contribution in [0.2, 0.25) is 5.02 Å². The zero-order valence-electron chi connectivity index (χ0n) is 17.3. The molecule has 1 unspecified atom stereocenters. The maximum absolute atomic E-state index is 13.4. The lowest BCUT2D eigenvalue weighted by Crippen LogP contribution is -2.40. The van der Waals surface area contributed by atoms with E-state index < -0.39 is 11.9 Å². The summed E-state index contributed by atoms with van der Waals surface area (Å²) in [4.78, 5) is 25.5. The van der Waals surface area contributed by atoms with Crippen molar-refractivity contribution in [3.63, 3.8) is 0 Å². The van der Waals surface area contributed by atoms with Crippen molar-refractivity contribution in [2.24, 2.45) is 0 Å². The monoisotopic (exact) mass is 472 g/mol. The molecule has 0 fully saturated rings. The predicted molar refractivity (Wildman–Crippen MR) is 124 cm³/mol. The fourth-order valence-electron chi connectivity index (χ4n) is 4.28. The van der Waals surface area contributed by atoms with Gasteiger partial charge in [0.05, 0.1) is 24.2 Å². The van der Waals surface area contributed by atoms with Crippen LogP contribution in [0.5, 0.6) is 0 Å². The van der Waals surface area contributed by atoms with E-state index in [9.17, 15) is 14.3 Å². The van der Waals surface area contributed by atoms with Crippen molar-refractivity contribution in [2.45, 2.75) is 38.3 Å². The van der Waals surface area contributed by atoms with Crippen LogP contribution in [0.25, 0.3) is 5.57 Å². The number of aromatic nitrogens is 3. The number of rotatable bonds is 4. The summed E-state index contributed by atoms with van der Waals surface area (Å²) in [5, 5.41) is 10.6. The van der Waals surface area contributed by atoms with Gasteiger partial charge in [-0.2, -0.15) is 4.98 Å². The molecular weight excluding hydrogens is 451 g/mol. The van der Waals surface area contributed by atoms with Crippen molar-refractivity contribution in [2.75, 3.05) is 18.0 Å². The van der Waals surface area contributed by atoms with Crippen LogP contribution in [0, 0.1) is 5.82 Å². The van der Waals surface area contributed by atoms with Crippen LogP contribution >= 0.6 is 22.9 Å². The Morgan fingerprint density at radius 1 is 1.25 bits per heavy atom. The first-order valence-electron chi connectivity index (χ1n) is 10.6. The number of nitrogens with zero attached hydrogens (tertiary/aromatic N) is 4. The van der Waals surface area contributed by atoms with Gasteiger partial charge in [0, 0.05) is 16.3 Å². The SMILES string of the molecule is O=c1nc(N2CC=C(c3ccc(F)c(Cl)c3)C(O)C2)ncn1Cc1cc2c(s1)CCCC2. The summed E-state index contributed by atoms with van der Waals surface area (Å²) in [5.41, 5.74) is 2.38. The van der Waals surface area contributed by atoms with E-state index in [2.05, 4.69) is 16.0 Å². The number of fused-ring (bicyclic) bond motifs is 1. The normalized spacial score (nSPS) is 18.4. The Morgan fingerprint density at radius 2 is 2.09 bits per heavy atom. The minimum absolute atomic E-state index is 0.0107. The summed E-state index contributed by atoms with van der Waals surface area (Å²) in [7, 11) is 0. The second-order valence-electron chi connectivity index (χ2n) is 8.14. The molecule has 1 N–H and O–H groups in total. The van der Waals surface area contributed by atoms with Gasteiger partial charge in [0.15, 0.2) is 0 Å². The zero-order chi connectivity index (χ0) is 22.2. The Labute approximate surface area is 193 Å². The van der Waals surface area contributed by atoms with Crippen LogP contribution in [0.15, 0.2) is 41.5 Å². The maximum Gasteiger partial charge on any atom is 0.352 e. The van der Waals surface area contributed by atoms with Gasteiger partial charge < -0.3 is 10.0 Å². The Balaban J connectivity index is 1.32. The molecule has 1 aromatic carbocycles. The molecule has 0 saturated heterocycles.